The van der Waals surface area contributed by atoms with E-state index in [1.54, 1.807) is 13.1 Å². The number of hydrogen-bond donors (Lipinski definition) is 2. The number of benzene rings is 2. The third-order valence-corrected chi connectivity index (χ3v) is 4.30. The molecule has 1 aliphatic heterocycles. The zero-order valence-electron chi connectivity index (χ0n) is 13.9. The molecule has 1 saturated heterocycles. The Kier molecular flexibility index (Phi) is 4.24. The van der Waals surface area contributed by atoms with E-state index in [2.05, 4.69) is 15.6 Å². The number of amides is 1. The highest BCUT2D eigenvalue weighted by Crippen LogP contribution is 2.31. The van der Waals surface area contributed by atoms with E-state index in [1.165, 1.54) is 18.2 Å². The summed E-state index contributed by atoms with van der Waals surface area (Å²) in [6.07, 6.45) is 0.232. The lowest BCUT2D eigenvalue weighted by Crippen LogP contribution is -2.58. The van der Waals surface area contributed by atoms with E-state index >= 15 is 0 Å². The van der Waals surface area contributed by atoms with Gasteiger partial charge in [0.15, 0.2) is 5.96 Å². The minimum absolute atomic E-state index is 0.134. The van der Waals surface area contributed by atoms with Crippen LogP contribution in [-0.4, -0.2) is 18.9 Å². The zero-order valence-corrected chi connectivity index (χ0v) is 13.9. The maximum absolute atomic E-state index is 14.2. The summed E-state index contributed by atoms with van der Waals surface area (Å²) in [5.74, 6) is -0.127. The molecular weight excluding hydrogens is 319 g/mol. The smallest absolute Gasteiger partial charge is 0.229 e. The molecule has 1 fully saturated rings. The number of hydrogen-bond acceptors (Lipinski definition) is 3. The van der Waals surface area contributed by atoms with E-state index in [0.717, 1.165) is 5.56 Å². The molecule has 0 aromatic heterocycles. The first-order valence-corrected chi connectivity index (χ1v) is 7.80. The van der Waals surface area contributed by atoms with Gasteiger partial charge >= 0.3 is 0 Å². The lowest BCUT2D eigenvalue weighted by atomic mass is 9.85. The zero-order chi connectivity index (χ0) is 18.0. The number of nitriles is 1. The third kappa shape index (κ3) is 3.22. The predicted octanol–water partition coefficient (Wildman–Crippen LogP) is 2.67. The van der Waals surface area contributed by atoms with Gasteiger partial charge in [-0.15, -0.1) is 0 Å². The van der Waals surface area contributed by atoms with Crippen molar-refractivity contribution in [3.63, 3.8) is 0 Å². The molecule has 2 N–H and O–H groups in total. The monoisotopic (exact) mass is 336 g/mol. The Bertz CT molecular complexity index is 916. The van der Waals surface area contributed by atoms with Gasteiger partial charge in [0.25, 0.3) is 0 Å². The van der Waals surface area contributed by atoms with Crippen LogP contribution in [0.4, 0.5) is 4.39 Å². The molecular formula is C19H17FN4O. The lowest BCUT2D eigenvalue weighted by Gasteiger charge is -2.36. The van der Waals surface area contributed by atoms with Crippen LogP contribution in [0.1, 0.15) is 24.5 Å². The standard InChI is InChI=1S/C19H17FN4O/c1-19(10-17(25)23-18(22-2)24-19)14-5-3-4-13(9-14)15-8-12(11-21)6-7-16(15)20/h3-9H,10H2,1-2H3,(H2,22,23,24,25)/t19-/m0/s1. The molecule has 0 saturated carbocycles. The van der Waals surface area contributed by atoms with Crippen molar-refractivity contribution in [1.82, 2.24) is 10.6 Å². The Morgan fingerprint density at radius 1 is 1.28 bits per heavy atom. The quantitative estimate of drug-likeness (QED) is 0.885. The van der Waals surface area contributed by atoms with Crippen LogP contribution in [0.15, 0.2) is 47.5 Å². The first-order chi connectivity index (χ1) is 11.9. The van der Waals surface area contributed by atoms with Gasteiger partial charge in [-0.2, -0.15) is 5.26 Å². The largest absolute Gasteiger partial charge is 0.346 e. The second kappa shape index (κ2) is 6.36. The second-order valence-corrected chi connectivity index (χ2v) is 6.14. The van der Waals surface area contributed by atoms with E-state index in [0.29, 0.717) is 22.6 Å². The highest BCUT2D eigenvalue weighted by atomic mass is 19.1. The summed E-state index contributed by atoms with van der Waals surface area (Å²) in [5, 5.41) is 14.9. The molecule has 1 atom stereocenters. The van der Waals surface area contributed by atoms with Crippen molar-refractivity contribution in [2.24, 2.45) is 4.99 Å². The van der Waals surface area contributed by atoms with Gasteiger partial charge in [0.2, 0.25) is 5.91 Å². The van der Waals surface area contributed by atoms with Crippen molar-refractivity contribution < 1.29 is 9.18 Å². The van der Waals surface area contributed by atoms with E-state index in [4.69, 9.17) is 5.26 Å². The van der Waals surface area contributed by atoms with Crippen molar-refractivity contribution in [3.05, 3.63) is 59.4 Å². The number of nitrogens with one attached hydrogen (secondary N) is 2. The summed E-state index contributed by atoms with van der Waals surface area (Å²) in [7, 11) is 1.59. The summed E-state index contributed by atoms with van der Waals surface area (Å²) < 4.78 is 14.2. The fourth-order valence-electron chi connectivity index (χ4n) is 2.97. The Labute approximate surface area is 145 Å². The molecule has 6 heteroatoms. The molecule has 2 aromatic rings. The van der Waals surface area contributed by atoms with Crippen LogP contribution in [0.2, 0.25) is 0 Å². The fourth-order valence-corrected chi connectivity index (χ4v) is 2.97. The van der Waals surface area contributed by atoms with Crippen molar-refractivity contribution >= 4 is 11.9 Å². The predicted molar refractivity (Wildman–Crippen MR) is 93.2 cm³/mol. The van der Waals surface area contributed by atoms with Crippen LogP contribution in [0, 0.1) is 17.1 Å². The first-order valence-electron chi connectivity index (χ1n) is 7.80. The summed E-state index contributed by atoms with van der Waals surface area (Å²) in [5.41, 5.74) is 1.58. The summed E-state index contributed by atoms with van der Waals surface area (Å²) in [4.78, 5) is 16.0. The number of guanidine groups is 1. The van der Waals surface area contributed by atoms with Crippen LogP contribution in [-0.2, 0) is 10.3 Å². The van der Waals surface area contributed by atoms with Crippen LogP contribution in [0.3, 0.4) is 0 Å². The molecule has 0 bridgehead atoms. The van der Waals surface area contributed by atoms with Gasteiger partial charge in [-0.1, -0.05) is 18.2 Å². The average Bonchev–Trinajstić information content (AvgIpc) is 2.61. The highest BCUT2D eigenvalue weighted by Gasteiger charge is 2.35. The van der Waals surface area contributed by atoms with Gasteiger partial charge in [-0.25, -0.2) is 4.39 Å². The molecule has 1 heterocycles. The Balaban J connectivity index is 2.05. The number of aliphatic imine (C=N–C) groups is 1. The number of rotatable bonds is 2. The molecule has 0 spiro atoms. The Morgan fingerprint density at radius 3 is 2.80 bits per heavy atom. The molecule has 3 rings (SSSR count). The third-order valence-electron chi connectivity index (χ3n) is 4.30. The Morgan fingerprint density at radius 2 is 2.08 bits per heavy atom. The minimum atomic E-state index is -0.656. The SMILES string of the molecule is CN=C1NC(=O)C[C@@](C)(c2cccc(-c3cc(C#N)ccc3F)c2)N1. The normalized spacial score (nSPS) is 21.4. The molecule has 126 valence electrons. The number of nitrogens with zero attached hydrogens (tertiary/aromatic N) is 2. The molecule has 0 aliphatic carbocycles. The van der Waals surface area contributed by atoms with Gasteiger partial charge in [-0.05, 0) is 42.3 Å². The summed E-state index contributed by atoms with van der Waals surface area (Å²) in [6.45, 7) is 1.90. The second-order valence-electron chi connectivity index (χ2n) is 6.14. The number of carbonyl (C=O) groups excluding carboxylic acids is 1. The van der Waals surface area contributed by atoms with E-state index in [1.807, 2.05) is 31.2 Å². The molecule has 1 amide bonds. The first kappa shape index (κ1) is 16.7. The maximum atomic E-state index is 14.2. The highest BCUT2D eigenvalue weighted by molar-refractivity contribution is 6.00. The van der Waals surface area contributed by atoms with Crippen molar-refractivity contribution in [2.45, 2.75) is 18.9 Å². The van der Waals surface area contributed by atoms with Crippen LogP contribution in [0.25, 0.3) is 11.1 Å². The number of carbonyl (C=O) groups is 1. The van der Waals surface area contributed by atoms with Crippen molar-refractivity contribution in [2.75, 3.05) is 7.05 Å². The fraction of sp³-hybridized carbons (Fsp3) is 0.211. The molecule has 0 radical (unpaired) electrons. The van der Waals surface area contributed by atoms with Crippen molar-refractivity contribution in [1.29, 1.82) is 5.26 Å². The van der Waals surface area contributed by atoms with Gasteiger partial charge in [0.05, 0.1) is 23.6 Å². The molecule has 5 nitrogen and oxygen atoms in total. The minimum Gasteiger partial charge on any atom is -0.346 e. The van der Waals surface area contributed by atoms with E-state index < -0.39 is 11.4 Å². The van der Waals surface area contributed by atoms with Gasteiger partial charge in [0.1, 0.15) is 5.82 Å². The molecule has 0 unspecified atom stereocenters. The average molecular weight is 336 g/mol. The summed E-state index contributed by atoms with van der Waals surface area (Å²) in [6, 6.07) is 13.6. The lowest BCUT2D eigenvalue weighted by molar-refractivity contribution is -0.121. The summed E-state index contributed by atoms with van der Waals surface area (Å²) >= 11 is 0. The van der Waals surface area contributed by atoms with Gasteiger partial charge in [0, 0.05) is 12.6 Å². The van der Waals surface area contributed by atoms with Crippen LogP contribution >= 0.6 is 0 Å². The van der Waals surface area contributed by atoms with E-state index in [9.17, 15) is 9.18 Å². The number of halogens is 1. The Hall–Kier alpha value is -3.20. The molecule has 1 aliphatic rings. The maximum Gasteiger partial charge on any atom is 0.229 e. The van der Waals surface area contributed by atoms with Crippen molar-refractivity contribution in [3.8, 4) is 17.2 Å². The van der Waals surface area contributed by atoms with Gasteiger partial charge in [-0.3, -0.25) is 15.1 Å². The molecule has 2 aromatic carbocycles. The van der Waals surface area contributed by atoms with Crippen LogP contribution < -0.4 is 10.6 Å². The van der Waals surface area contributed by atoms with E-state index in [-0.39, 0.29) is 12.3 Å². The van der Waals surface area contributed by atoms with Crippen LogP contribution in [0.5, 0.6) is 0 Å². The molecule has 25 heavy (non-hydrogen) atoms. The van der Waals surface area contributed by atoms with Gasteiger partial charge < -0.3 is 5.32 Å². The topological polar surface area (TPSA) is 77.3 Å².